The Balaban J connectivity index is 1.55. The molecule has 0 bridgehead atoms. The second kappa shape index (κ2) is 7.92. The fourth-order valence-electron chi connectivity index (χ4n) is 3.26. The standard InChI is InChI=1S/C18H18ClN7O3/c1-12-9-15(23-29-12)22-17-16(26(27)28)18(21-11-20-17)25-7-5-24(6-8-25)14-4-2-3-13(19)10-14/h2-4,9-11H,5-8H2,1H3,(H,20,21,22,23). The van der Waals surface area contributed by atoms with Crippen molar-refractivity contribution in [3.8, 4) is 0 Å². The smallest absolute Gasteiger partial charge is 0.353 e. The molecule has 1 fully saturated rings. The summed E-state index contributed by atoms with van der Waals surface area (Å²) in [6.07, 6.45) is 1.31. The van der Waals surface area contributed by atoms with Gasteiger partial charge in [0, 0.05) is 43.0 Å². The van der Waals surface area contributed by atoms with Crippen molar-refractivity contribution in [3.63, 3.8) is 0 Å². The number of nitrogens with one attached hydrogen (secondary N) is 1. The van der Waals surface area contributed by atoms with E-state index in [0.29, 0.717) is 42.8 Å². The Morgan fingerprint density at radius 3 is 2.59 bits per heavy atom. The molecule has 0 unspecified atom stereocenters. The molecule has 29 heavy (non-hydrogen) atoms. The van der Waals surface area contributed by atoms with Crippen LogP contribution in [0.1, 0.15) is 5.76 Å². The van der Waals surface area contributed by atoms with Crippen molar-refractivity contribution in [2.75, 3.05) is 41.3 Å². The molecule has 2 aromatic heterocycles. The summed E-state index contributed by atoms with van der Waals surface area (Å²) in [6, 6.07) is 9.28. The lowest BCUT2D eigenvalue weighted by Gasteiger charge is -2.36. The Kier molecular flexibility index (Phi) is 5.17. The maximum atomic E-state index is 11.8. The summed E-state index contributed by atoms with van der Waals surface area (Å²) in [5.74, 6) is 1.28. The third kappa shape index (κ3) is 4.06. The Labute approximate surface area is 171 Å². The number of halogens is 1. The second-order valence-corrected chi connectivity index (χ2v) is 6.99. The lowest BCUT2D eigenvalue weighted by atomic mass is 10.2. The quantitative estimate of drug-likeness (QED) is 0.494. The van der Waals surface area contributed by atoms with Gasteiger partial charge in [0.25, 0.3) is 0 Å². The van der Waals surface area contributed by atoms with Crippen molar-refractivity contribution in [3.05, 3.63) is 57.6 Å². The first-order chi connectivity index (χ1) is 14.0. The van der Waals surface area contributed by atoms with Crippen LogP contribution in [0, 0.1) is 17.0 Å². The van der Waals surface area contributed by atoms with E-state index in [4.69, 9.17) is 16.1 Å². The highest BCUT2D eigenvalue weighted by atomic mass is 35.5. The van der Waals surface area contributed by atoms with E-state index < -0.39 is 4.92 Å². The molecule has 1 N–H and O–H groups in total. The average Bonchev–Trinajstić information content (AvgIpc) is 3.12. The van der Waals surface area contributed by atoms with Gasteiger partial charge in [0.1, 0.15) is 12.1 Å². The minimum atomic E-state index is -0.478. The van der Waals surface area contributed by atoms with E-state index in [9.17, 15) is 10.1 Å². The summed E-state index contributed by atoms with van der Waals surface area (Å²) in [7, 11) is 0. The largest absolute Gasteiger partial charge is 0.368 e. The van der Waals surface area contributed by atoms with Gasteiger partial charge >= 0.3 is 5.69 Å². The SMILES string of the molecule is Cc1cc(Nc2ncnc(N3CCN(c4cccc(Cl)c4)CC3)c2[N+](=O)[O-])no1. The van der Waals surface area contributed by atoms with Crippen LogP contribution in [0.3, 0.4) is 0 Å². The fraction of sp³-hybridized carbons (Fsp3) is 0.278. The molecule has 1 aliphatic heterocycles. The summed E-state index contributed by atoms with van der Waals surface area (Å²) in [5.41, 5.74) is 0.836. The number of hydrogen-bond acceptors (Lipinski definition) is 9. The predicted molar refractivity (Wildman–Crippen MR) is 109 cm³/mol. The highest BCUT2D eigenvalue weighted by Gasteiger charge is 2.29. The van der Waals surface area contributed by atoms with Gasteiger partial charge in [0.2, 0.25) is 11.6 Å². The van der Waals surface area contributed by atoms with E-state index in [-0.39, 0.29) is 17.3 Å². The summed E-state index contributed by atoms with van der Waals surface area (Å²) < 4.78 is 4.99. The van der Waals surface area contributed by atoms with Crippen LogP contribution in [-0.4, -0.2) is 46.2 Å². The minimum Gasteiger partial charge on any atom is -0.368 e. The summed E-state index contributed by atoms with van der Waals surface area (Å²) in [6.45, 7) is 4.26. The number of hydrogen-bond donors (Lipinski definition) is 1. The summed E-state index contributed by atoms with van der Waals surface area (Å²) in [5, 5.41) is 19.1. The van der Waals surface area contributed by atoms with Gasteiger partial charge in [0.05, 0.1) is 4.92 Å². The molecule has 0 atom stereocenters. The van der Waals surface area contributed by atoms with E-state index in [1.54, 1.807) is 13.0 Å². The summed E-state index contributed by atoms with van der Waals surface area (Å²) >= 11 is 6.08. The number of piperazine rings is 1. The van der Waals surface area contributed by atoms with Gasteiger partial charge in [-0.2, -0.15) is 0 Å². The van der Waals surface area contributed by atoms with Gasteiger partial charge in [-0.05, 0) is 25.1 Å². The first-order valence-electron chi connectivity index (χ1n) is 8.96. The summed E-state index contributed by atoms with van der Waals surface area (Å²) in [4.78, 5) is 23.6. The van der Waals surface area contributed by atoms with E-state index >= 15 is 0 Å². The van der Waals surface area contributed by atoms with Gasteiger partial charge in [0.15, 0.2) is 5.82 Å². The number of aryl methyl sites for hydroxylation is 1. The van der Waals surface area contributed by atoms with Crippen LogP contribution in [0.25, 0.3) is 0 Å². The molecule has 3 heterocycles. The monoisotopic (exact) mass is 415 g/mol. The zero-order chi connectivity index (χ0) is 20.4. The second-order valence-electron chi connectivity index (χ2n) is 6.55. The zero-order valence-electron chi connectivity index (χ0n) is 15.6. The van der Waals surface area contributed by atoms with Gasteiger partial charge in [-0.25, -0.2) is 9.97 Å². The number of rotatable bonds is 5. The van der Waals surface area contributed by atoms with E-state index in [2.05, 4.69) is 25.3 Å². The first-order valence-corrected chi connectivity index (χ1v) is 9.34. The third-order valence-electron chi connectivity index (χ3n) is 4.61. The molecule has 4 rings (SSSR count). The Morgan fingerprint density at radius 2 is 1.93 bits per heavy atom. The number of nitro groups is 1. The topological polar surface area (TPSA) is 113 Å². The van der Waals surface area contributed by atoms with Crippen molar-refractivity contribution < 1.29 is 9.45 Å². The Bertz CT molecular complexity index is 1030. The van der Waals surface area contributed by atoms with Crippen LogP contribution in [0.4, 0.5) is 28.8 Å². The maximum absolute atomic E-state index is 11.8. The average molecular weight is 416 g/mol. The molecule has 1 aliphatic rings. The van der Waals surface area contributed by atoms with Crippen molar-refractivity contribution in [2.45, 2.75) is 6.92 Å². The lowest BCUT2D eigenvalue weighted by Crippen LogP contribution is -2.47. The molecule has 3 aromatic rings. The number of anilines is 4. The number of benzene rings is 1. The van der Waals surface area contributed by atoms with Gasteiger partial charge in [-0.3, -0.25) is 10.1 Å². The van der Waals surface area contributed by atoms with Crippen LogP contribution in [0.5, 0.6) is 0 Å². The zero-order valence-corrected chi connectivity index (χ0v) is 16.3. The molecule has 1 aromatic carbocycles. The van der Waals surface area contributed by atoms with Crippen LogP contribution in [-0.2, 0) is 0 Å². The van der Waals surface area contributed by atoms with Crippen molar-refractivity contribution >= 4 is 40.4 Å². The normalized spacial score (nSPS) is 14.1. The van der Waals surface area contributed by atoms with Crippen LogP contribution in [0.2, 0.25) is 5.02 Å². The predicted octanol–water partition coefficient (Wildman–Crippen LogP) is 3.40. The molecule has 0 amide bonds. The minimum absolute atomic E-state index is 0.0746. The molecule has 11 heteroatoms. The Hall–Kier alpha value is -3.40. The van der Waals surface area contributed by atoms with Gasteiger partial charge in [-0.15, -0.1) is 0 Å². The van der Waals surface area contributed by atoms with Crippen molar-refractivity contribution in [2.24, 2.45) is 0 Å². The molecule has 0 spiro atoms. The number of aromatic nitrogens is 3. The highest BCUT2D eigenvalue weighted by molar-refractivity contribution is 6.30. The van der Waals surface area contributed by atoms with Crippen LogP contribution < -0.4 is 15.1 Å². The van der Waals surface area contributed by atoms with E-state index in [1.165, 1.54) is 6.33 Å². The lowest BCUT2D eigenvalue weighted by molar-refractivity contribution is -0.383. The first kappa shape index (κ1) is 18.9. The molecule has 0 radical (unpaired) electrons. The van der Waals surface area contributed by atoms with Gasteiger partial charge < -0.3 is 19.6 Å². The van der Waals surface area contributed by atoms with E-state index in [0.717, 1.165) is 5.69 Å². The molecule has 10 nitrogen and oxygen atoms in total. The van der Waals surface area contributed by atoms with Crippen molar-refractivity contribution in [1.82, 2.24) is 15.1 Å². The molecule has 0 saturated carbocycles. The van der Waals surface area contributed by atoms with Gasteiger partial charge in [-0.1, -0.05) is 22.8 Å². The molecule has 0 aliphatic carbocycles. The Morgan fingerprint density at radius 1 is 1.17 bits per heavy atom. The van der Waals surface area contributed by atoms with Crippen LogP contribution >= 0.6 is 11.6 Å². The third-order valence-corrected chi connectivity index (χ3v) is 4.85. The molecule has 150 valence electrons. The maximum Gasteiger partial charge on any atom is 0.353 e. The highest BCUT2D eigenvalue weighted by Crippen LogP contribution is 2.34. The molecular formula is C18H18ClN7O3. The van der Waals surface area contributed by atoms with E-state index in [1.807, 2.05) is 29.2 Å². The van der Waals surface area contributed by atoms with Crippen molar-refractivity contribution in [1.29, 1.82) is 0 Å². The molecule has 1 saturated heterocycles. The fourth-order valence-corrected chi connectivity index (χ4v) is 3.44. The molecular weight excluding hydrogens is 398 g/mol. The van der Waals surface area contributed by atoms with Crippen LogP contribution in [0.15, 0.2) is 41.2 Å². The number of nitrogens with zero attached hydrogens (tertiary/aromatic N) is 6.